The monoisotopic (exact) mass is 480 g/mol. The fourth-order valence-corrected chi connectivity index (χ4v) is 2.98. The number of hydrogen-bond donors (Lipinski definition) is 1. The van der Waals surface area contributed by atoms with Crippen molar-refractivity contribution in [2.45, 2.75) is 25.3 Å². The van der Waals surface area contributed by atoms with Gasteiger partial charge in [0.05, 0.1) is 5.56 Å². The maximum absolute atomic E-state index is 12.7. The largest absolute Gasteiger partial charge is 0.490 e. The van der Waals surface area contributed by atoms with Gasteiger partial charge in [0.25, 0.3) is 0 Å². The summed E-state index contributed by atoms with van der Waals surface area (Å²) in [5.74, 6) is -0.142. The van der Waals surface area contributed by atoms with Gasteiger partial charge >= 0.3 is 12.1 Å². The highest BCUT2D eigenvalue weighted by atomic mass is 35.5. The molecular weight excluding hydrogens is 461 g/mol. The number of benzene rings is 3. The predicted molar refractivity (Wildman–Crippen MR) is 116 cm³/mol. The van der Waals surface area contributed by atoms with Crippen LogP contribution in [0.3, 0.4) is 0 Å². The molecular formula is C24H20ClF3O5. The fourth-order valence-electron chi connectivity index (χ4n) is 2.85. The molecule has 0 amide bonds. The maximum Gasteiger partial charge on any atom is 0.416 e. The van der Waals surface area contributed by atoms with E-state index in [1.807, 2.05) is 6.92 Å². The van der Waals surface area contributed by atoms with Gasteiger partial charge in [0.2, 0.25) is 6.10 Å². The van der Waals surface area contributed by atoms with Gasteiger partial charge in [-0.2, -0.15) is 13.2 Å². The van der Waals surface area contributed by atoms with E-state index in [1.54, 1.807) is 36.4 Å². The van der Waals surface area contributed by atoms with Crippen molar-refractivity contribution in [3.63, 3.8) is 0 Å². The van der Waals surface area contributed by atoms with Crippen LogP contribution in [-0.4, -0.2) is 23.8 Å². The van der Waals surface area contributed by atoms with Crippen molar-refractivity contribution in [1.29, 1.82) is 0 Å². The van der Waals surface area contributed by atoms with Crippen LogP contribution in [-0.2, 0) is 11.0 Å². The lowest BCUT2D eigenvalue weighted by Crippen LogP contribution is -2.21. The minimum Gasteiger partial charge on any atom is -0.490 e. The fraction of sp³-hybridized carbons (Fsp3) is 0.208. The third-order valence-electron chi connectivity index (χ3n) is 4.48. The molecule has 1 N–H and O–H groups in total. The van der Waals surface area contributed by atoms with Gasteiger partial charge in [-0.15, -0.1) is 0 Å². The van der Waals surface area contributed by atoms with Crippen molar-refractivity contribution in [1.82, 2.24) is 0 Å². The third-order valence-corrected chi connectivity index (χ3v) is 4.73. The number of rotatable bonds is 9. The normalized spacial score (nSPS) is 13.1. The smallest absolute Gasteiger partial charge is 0.416 e. The Balaban J connectivity index is 1.60. The number of alkyl halides is 3. The Kier molecular flexibility index (Phi) is 7.71. The number of carboxylic acids is 1. The molecule has 3 rings (SSSR count). The molecule has 0 aliphatic heterocycles. The van der Waals surface area contributed by atoms with Crippen LogP contribution in [0.25, 0.3) is 0 Å². The molecule has 5 nitrogen and oxygen atoms in total. The molecule has 3 aromatic carbocycles. The summed E-state index contributed by atoms with van der Waals surface area (Å²) in [5, 5.41) is 10.1. The zero-order valence-corrected chi connectivity index (χ0v) is 18.1. The van der Waals surface area contributed by atoms with Gasteiger partial charge in [-0.05, 0) is 67.6 Å². The van der Waals surface area contributed by atoms with Gasteiger partial charge in [-0.25, -0.2) is 4.79 Å². The van der Waals surface area contributed by atoms with Crippen LogP contribution in [0.4, 0.5) is 13.2 Å². The second-order valence-electron chi connectivity index (χ2n) is 7.12. The van der Waals surface area contributed by atoms with Gasteiger partial charge in [0, 0.05) is 10.6 Å². The average molecular weight is 481 g/mol. The minimum absolute atomic E-state index is 0.00342. The van der Waals surface area contributed by atoms with E-state index in [0.29, 0.717) is 22.1 Å². The van der Waals surface area contributed by atoms with Gasteiger partial charge in [0.1, 0.15) is 30.0 Å². The second kappa shape index (κ2) is 10.5. The van der Waals surface area contributed by atoms with E-state index in [9.17, 15) is 23.1 Å². The molecule has 0 bridgehead atoms. The Labute approximate surface area is 193 Å². The summed E-state index contributed by atoms with van der Waals surface area (Å²) >= 11 is 5.84. The maximum atomic E-state index is 12.7. The van der Waals surface area contributed by atoms with Crippen LogP contribution in [0.2, 0.25) is 5.02 Å². The lowest BCUT2D eigenvalue weighted by molar-refractivity contribution is -0.145. The highest BCUT2D eigenvalue weighted by molar-refractivity contribution is 6.30. The Morgan fingerprint density at radius 3 is 1.94 bits per heavy atom. The van der Waals surface area contributed by atoms with E-state index in [0.717, 1.165) is 24.3 Å². The third kappa shape index (κ3) is 7.05. The molecule has 0 radical (unpaired) electrons. The van der Waals surface area contributed by atoms with Crippen LogP contribution in [0.1, 0.15) is 24.2 Å². The van der Waals surface area contributed by atoms with Crippen molar-refractivity contribution in [3.05, 3.63) is 88.9 Å². The van der Waals surface area contributed by atoms with Crippen LogP contribution in [0.5, 0.6) is 17.2 Å². The van der Waals surface area contributed by atoms with Gasteiger partial charge in [-0.1, -0.05) is 23.7 Å². The first-order valence-corrected chi connectivity index (χ1v) is 10.2. The summed E-state index contributed by atoms with van der Waals surface area (Å²) in [6.45, 7) is 2.09. The Hall–Kier alpha value is -3.39. The van der Waals surface area contributed by atoms with Crippen LogP contribution in [0, 0.1) is 0 Å². The summed E-state index contributed by atoms with van der Waals surface area (Å²) in [4.78, 5) is 11.7. The molecule has 33 heavy (non-hydrogen) atoms. The lowest BCUT2D eigenvalue weighted by Gasteiger charge is -2.18. The molecule has 0 saturated heterocycles. The average Bonchev–Trinajstić information content (AvgIpc) is 2.77. The Morgan fingerprint density at radius 1 is 0.879 bits per heavy atom. The van der Waals surface area contributed by atoms with Crippen molar-refractivity contribution in [2.75, 3.05) is 6.61 Å². The molecule has 0 aromatic heterocycles. The molecule has 0 saturated carbocycles. The van der Waals surface area contributed by atoms with Crippen molar-refractivity contribution in [3.8, 4) is 17.2 Å². The van der Waals surface area contributed by atoms with E-state index in [1.165, 1.54) is 12.1 Å². The van der Waals surface area contributed by atoms with Gasteiger partial charge < -0.3 is 19.3 Å². The SMILES string of the molecule is CC(COc1ccc(Cl)cc1)Oc1ccc(C(Oc2ccc(C(F)(F)F)cc2)C(=O)O)cc1. The summed E-state index contributed by atoms with van der Waals surface area (Å²) in [7, 11) is 0. The second-order valence-corrected chi connectivity index (χ2v) is 7.56. The lowest BCUT2D eigenvalue weighted by atomic mass is 10.1. The molecule has 0 aliphatic rings. The zero-order valence-electron chi connectivity index (χ0n) is 17.4. The highest BCUT2D eigenvalue weighted by Gasteiger charge is 2.30. The van der Waals surface area contributed by atoms with Crippen molar-refractivity contribution >= 4 is 17.6 Å². The summed E-state index contributed by atoms with van der Waals surface area (Å²) in [6.07, 6.45) is -6.19. The van der Waals surface area contributed by atoms with Crippen LogP contribution >= 0.6 is 11.6 Å². The number of carbonyl (C=O) groups is 1. The van der Waals surface area contributed by atoms with Crippen LogP contribution < -0.4 is 14.2 Å². The standard InChI is InChI=1S/C24H20ClF3O5/c1-15(14-31-19-12-6-18(25)7-13-19)32-20-8-2-16(3-9-20)22(23(29)30)33-21-10-4-17(5-11-21)24(26,27)28/h2-13,15,22H,14H2,1H3,(H,29,30). The number of ether oxygens (including phenoxy) is 3. The Morgan fingerprint density at radius 2 is 1.39 bits per heavy atom. The summed E-state index contributed by atoms with van der Waals surface area (Å²) in [6, 6.07) is 16.9. The van der Waals surface area contributed by atoms with Crippen molar-refractivity contribution < 1.29 is 37.3 Å². The minimum atomic E-state index is -4.49. The molecule has 3 aromatic rings. The number of carboxylic acid groups (broad SMARTS) is 1. The first-order chi connectivity index (χ1) is 15.6. The molecule has 2 unspecified atom stereocenters. The van der Waals surface area contributed by atoms with E-state index >= 15 is 0 Å². The molecule has 0 spiro atoms. The first-order valence-electron chi connectivity index (χ1n) is 9.83. The predicted octanol–water partition coefficient (Wildman–Crippen LogP) is 6.41. The molecule has 9 heteroatoms. The molecule has 0 aliphatic carbocycles. The summed E-state index contributed by atoms with van der Waals surface area (Å²) in [5.41, 5.74) is -0.544. The number of hydrogen-bond acceptors (Lipinski definition) is 4. The van der Waals surface area contributed by atoms with Crippen molar-refractivity contribution in [2.24, 2.45) is 0 Å². The van der Waals surface area contributed by atoms with Gasteiger partial charge in [-0.3, -0.25) is 0 Å². The van der Waals surface area contributed by atoms with Gasteiger partial charge in [0.15, 0.2) is 0 Å². The van der Waals surface area contributed by atoms with E-state index in [-0.39, 0.29) is 18.5 Å². The quantitative estimate of drug-likeness (QED) is 0.383. The topological polar surface area (TPSA) is 65.0 Å². The highest BCUT2D eigenvalue weighted by Crippen LogP contribution is 2.31. The molecule has 174 valence electrons. The zero-order chi connectivity index (χ0) is 24.0. The molecule has 0 fully saturated rings. The van der Waals surface area contributed by atoms with E-state index in [2.05, 4.69) is 0 Å². The molecule has 2 atom stereocenters. The van der Waals surface area contributed by atoms with E-state index in [4.69, 9.17) is 25.8 Å². The van der Waals surface area contributed by atoms with E-state index < -0.39 is 23.8 Å². The number of halogens is 4. The summed E-state index contributed by atoms with van der Waals surface area (Å²) < 4.78 is 54.9. The Bertz CT molecular complexity index is 1050. The first kappa shape index (κ1) is 24.3. The van der Waals surface area contributed by atoms with Crippen LogP contribution in [0.15, 0.2) is 72.8 Å². The molecule has 0 heterocycles. The number of aliphatic carboxylic acids is 1.